The number of unbranched alkanes of at least 4 members (excludes halogenated alkanes) is 1. The first-order chi connectivity index (χ1) is 7.72. The molecular formula is C14H18N2. The van der Waals surface area contributed by atoms with Crippen molar-refractivity contribution in [2.24, 2.45) is 0 Å². The number of hydrogen-bond donors (Lipinski definition) is 2. The molecule has 2 aromatic carbocycles. The van der Waals surface area contributed by atoms with Gasteiger partial charge in [0, 0.05) is 22.1 Å². The van der Waals surface area contributed by atoms with E-state index in [4.69, 9.17) is 11.5 Å². The van der Waals surface area contributed by atoms with Crippen molar-refractivity contribution in [2.75, 3.05) is 11.5 Å². The molecule has 0 aliphatic heterocycles. The molecule has 4 N–H and O–H groups in total. The van der Waals surface area contributed by atoms with Crippen molar-refractivity contribution in [1.29, 1.82) is 0 Å². The Labute approximate surface area is 96.3 Å². The number of aryl methyl sites for hydroxylation is 1. The number of anilines is 2. The van der Waals surface area contributed by atoms with Crippen molar-refractivity contribution in [2.45, 2.75) is 26.2 Å². The summed E-state index contributed by atoms with van der Waals surface area (Å²) in [4.78, 5) is 0. The second kappa shape index (κ2) is 4.44. The summed E-state index contributed by atoms with van der Waals surface area (Å²) in [6, 6.07) is 10.1. The standard InChI is InChI=1S/C14H18N2/c1-2-3-4-10-5-6-11-12(9-10)14(16)8-7-13(11)15/h5-9H,2-4,15-16H2,1H3. The molecule has 2 heteroatoms. The zero-order valence-electron chi connectivity index (χ0n) is 9.66. The number of nitrogen functional groups attached to an aromatic ring is 2. The lowest BCUT2D eigenvalue weighted by atomic mass is 10.0. The molecule has 0 spiro atoms. The highest BCUT2D eigenvalue weighted by Gasteiger charge is 2.02. The number of hydrogen-bond acceptors (Lipinski definition) is 2. The van der Waals surface area contributed by atoms with Crippen LogP contribution in [0.15, 0.2) is 30.3 Å². The first-order valence-electron chi connectivity index (χ1n) is 5.79. The van der Waals surface area contributed by atoms with E-state index in [0.717, 1.165) is 28.6 Å². The van der Waals surface area contributed by atoms with E-state index in [-0.39, 0.29) is 0 Å². The van der Waals surface area contributed by atoms with Gasteiger partial charge in [0.25, 0.3) is 0 Å². The van der Waals surface area contributed by atoms with Crippen LogP contribution in [0.3, 0.4) is 0 Å². The first kappa shape index (κ1) is 10.8. The number of rotatable bonds is 3. The average molecular weight is 214 g/mol. The normalized spacial score (nSPS) is 10.8. The Morgan fingerprint density at radius 2 is 1.62 bits per heavy atom. The van der Waals surface area contributed by atoms with Gasteiger partial charge in [-0.2, -0.15) is 0 Å². The third-order valence-corrected chi connectivity index (χ3v) is 2.97. The van der Waals surface area contributed by atoms with Crippen LogP contribution in [-0.2, 0) is 6.42 Å². The minimum Gasteiger partial charge on any atom is -0.398 e. The Hall–Kier alpha value is -1.70. The maximum Gasteiger partial charge on any atom is 0.0395 e. The molecule has 0 aromatic heterocycles. The van der Waals surface area contributed by atoms with Gasteiger partial charge in [-0.1, -0.05) is 25.5 Å². The summed E-state index contributed by atoms with van der Waals surface area (Å²) in [6.07, 6.45) is 3.54. The Bertz CT molecular complexity index is 503. The van der Waals surface area contributed by atoms with Crippen molar-refractivity contribution in [3.05, 3.63) is 35.9 Å². The molecule has 2 aromatic rings. The van der Waals surface area contributed by atoms with Crippen molar-refractivity contribution < 1.29 is 0 Å². The van der Waals surface area contributed by atoms with Crippen LogP contribution in [-0.4, -0.2) is 0 Å². The quantitative estimate of drug-likeness (QED) is 0.770. The van der Waals surface area contributed by atoms with E-state index in [1.165, 1.54) is 18.4 Å². The van der Waals surface area contributed by atoms with Gasteiger partial charge in [-0.3, -0.25) is 0 Å². The highest BCUT2D eigenvalue weighted by molar-refractivity contribution is 6.00. The van der Waals surface area contributed by atoms with Gasteiger partial charge in [-0.15, -0.1) is 0 Å². The van der Waals surface area contributed by atoms with Crippen molar-refractivity contribution in [3.8, 4) is 0 Å². The van der Waals surface area contributed by atoms with Crippen LogP contribution < -0.4 is 11.5 Å². The molecule has 2 rings (SSSR count). The third-order valence-electron chi connectivity index (χ3n) is 2.97. The summed E-state index contributed by atoms with van der Waals surface area (Å²) in [5, 5.41) is 2.13. The van der Waals surface area contributed by atoms with Crippen molar-refractivity contribution in [3.63, 3.8) is 0 Å². The Kier molecular flexibility index (Phi) is 3.00. The van der Waals surface area contributed by atoms with Gasteiger partial charge in [0.05, 0.1) is 0 Å². The van der Waals surface area contributed by atoms with E-state index < -0.39 is 0 Å². The summed E-state index contributed by atoms with van der Waals surface area (Å²) in [7, 11) is 0. The lowest BCUT2D eigenvalue weighted by molar-refractivity contribution is 0.796. The predicted octanol–water partition coefficient (Wildman–Crippen LogP) is 3.35. The second-order valence-electron chi connectivity index (χ2n) is 4.23. The van der Waals surface area contributed by atoms with E-state index in [2.05, 4.69) is 25.1 Å². The van der Waals surface area contributed by atoms with Crippen molar-refractivity contribution >= 4 is 22.1 Å². The summed E-state index contributed by atoms with van der Waals surface area (Å²) < 4.78 is 0. The molecule has 0 saturated carbocycles. The molecule has 0 aliphatic carbocycles. The van der Waals surface area contributed by atoms with E-state index >= 15 is 0 Å². The topological polar surface area (TPSA) is 52.0 Å². The Morgan fingerprint density at radius 1 is 0.938 bits per heavy atom. The molecule has 2 nitrogen and oxygen atoms in total. The minimum absolute atomic E-state index is 0.797. The highest BCUT2D eigenvalue weighted by Crippen LogP contribution is 2.27. The van der Waals surface area contributed by atoms with Crippen LogP contribution in [0.2, 0.25) is 0 Å². The van der Waals surface area contributed by atoms with Gasteiger partial charge in [0.15, 0.2) is 0 Å². The average Bonchev–Trinajstić information content (AvgIpc) is 2.31. The maximum atomic E-state index is 5.97. The number of benzene rings is 2. The van der Waals surface area contributed by atoms with Crippen LogP contribution in [0.5, 0.6) is 0 Å². The second-order valence-corrected chi connectivity index (χ2v) is 4.23. The summed E-state index contributed by atoms with van der Waals surface area (Å²) in [5.41, 5.74) is 14.8. The van der Waals surface area contributed by atoms with Gasteiger partial charge in [-0.05, 0) is 36.6 Å². The van der Waals surface area contributed by atoms with Crippen LogP contribution in [0, 0.1) is 0 Å². The first-order valence-corrected chi connectivity index (χ1v) is 5.79. The lowest BCUT2D eigenvalue weighted by Gasteiger charge is -2.07. The molecule has 0 fully saturated rings. The fourth-order valence-electron chi connectivity index (χ4n) is 1.98. The largest absolute Gasteiger partial charge is 0.398 e. The van der Waals surface area contributed by atoms with E-state index in [9.17, 15) is 0 Å². The highest BCUT2D eigenvalue weighted by atomic mass is 14.6. The Balaban J connectivity index is 2.48. The summed E-state index contributed by atoms with van der Waals surface area (Å²) in [5.74, 6) is 0. The van der Waals surface area contributed by atoms with Gasteiger partial charge >= 0.3 is 0 Å². The van der Waals surface area contributed by atoms with Crippen LogP contribution in [0.25, 0.3) is 10.8 Å². The number of nitrogens with two attached hydrogens (primary N) is 2. The lowest BCUT2D eigenvalue weighted by Crippen LogP contribution is -1.93. The molecular weight excluding hydrogens is 196 g/mol. The van der Waals surface area contributed by atoms with Gasteiger partial charge in [-0.25, -0.2) is 0 Å². The van der Waals surface area contributed by atoms with Gasteiger partial charge in [0.1, 0.15) is 0 Å². The molecule has 0 radical (unpaired) electrons. The molecule has 0 heterocycles. The van der Waals surface area contributed by atoms with Crippen molar-refractivity contribution in [1.82, 2.24) is 0 Å². The Morgan fingerprint density at radius 3 is 2.31 bits per heavy atom. The molecule has 0 aliphatic rings. The summed E-state index contributed by atoms with van der Waals surface area (Å²) in [6.45, 7) is 2.20. The molecule has 0 atom stereocenters. The monoisotopic (exact) mass is 214 g/mol. The number of fused-ring (bicyclic) bond motifs is 1. The molecule has 0 saturated heterocycles. The van der Waals surface area contributed by atoms with E-state index in [0.29, 0.717) is 0 Å². The SMILES string of the molecule is CCCCc1ccc2c(N)ccc(N)c2c1. The molecule has 0 amide bonds. The van der Waals surface area contributed by atoms with Crippen LogP contribution in [0.4, 0.5) is 11.4 Å². The smallest absolute Gasteiger partial charge is 0.0395 e. The van der Waals surface area contributed by atoms with Gasteiger partial charge in [0.2, 0.25) is 0 Å². The van der Waals surface area contributed by atoms with Crippen LogP contribution >= 0.6 is 0 Å². The fraction of sp³-hybridized carbons (Fsp3) is 0.286. The van der Waals surface area contributed by atoms with E-state index in [1.807, 2.05) is 12.1 Å². The zero-order valence-corrected chi connectivity index (χ0v) is 9.66. The third kappa shape index (κ3) is 1.96. The van der Waals surface area contributed by atoms with E-state index in [1.54, 1.807) is 0 Å². The molecule has 16 heavy (non-hydrogen) atoms. The minimum atomic E-state index is 0.797. The maximum absolute atomic E-state index is 5.97. The molecule has 0 unspecified atom stereocenters. The predicted molar refractivity (Wildman–Crippen MR) is 71.4 cm³/mol. The summed E-state index contributed by atoms with van der Waals surface area (Å²) >= 11 is 0. The molecule has 0 bridgehead atoms. The van der Waals surface area contributed by atoms with Crippen LogP contribution in [0.1, 0.15) is 25.3 Å². The zero-order chi connectivity index (χ0) is 11.5. The fourth-order valence-corrected chi connectivity index (χ4v) is 1.98. The molecule has 84 valence electrons. The van der Waals surface area contributed by atoms with Gasteiger partial charge < -0.3 is 11.5 Å².